The number of hydrogen-bond acceptors (Lipinski definition) is 3. The summed E-state index contributed by atoms with van der Waals surface area (Å²) in [6, 6.07) is 5.36. The zero-order valence-corrected chi connectivity index (χ0v) is 12.9. The smallest absolute Gasteiger partial charge is 0.317 e. The van der Waals surface area contributed by atoms with Gasteiger partial charge < -0.3 is 20.1 Å². The zero-order valence-electron chi connectivity index (χ0n) is 12.1. The molecule has 2 rings (SSSR count). The van der Waals surface area contributed by atoms with Crippen molar-refractivity contribution >= 4 is 17.6 Å². The van der Waals surface area contributed by atoms with Crippen molar-refractivity contribution in [2.45, 2.75) is 25.3 Å². The van der Waals surface area contributed by atoms with Gasteiger partial charge in [-0.25, -0.2) is 4.79 Å². The molecule has 1 heterocycles. The van der Waals surface area contributed by atoms with Crippen molar-refractivity contribution in [3.8, 4) is 5.75 Å². The average molecular weight is 313 g/mol. The highest BCUT2D eigenvalue weighted by molar-refractivity contribution is 6.31. The number of nitrogens with zero attached hydrogens (tertiary/aromatic N) is 1. The van der Waals surface area contributed by atoms with E-state index in [1.165, 1.54) is 0 Å². The van der Waals surface area contributed by atoms with Crippen LogP contribution in [0.3, 0.4) is 0 Å². The number of amides is 2. The maximum absolute atomic E-state index is 12.0. The van der Waals surface area contributed by atoms with E-state index >= 15 is 0 Å². The number of rotatable bonds is 5. The van der Waals surface area contributed by atoms with Crippen molar-refractivity contribution < 1.29 is 14.6 Å². The summed E-state index contributed by atoms with van der Waals surface area (Å²) in [7, 11) is 1.60. The number of nitrogens with one attached hydrogen (secondary N) is 1. The van der Waals surface area contributed by atoms with E-state index in [1.54, 1.807) is 18.1 Å². The van der Waals surface area contributed by atoms with Gasteiger partial charge in [-0.1, -0.05) is 17.7 Å². The topological polar surface area (TPSA) is 61.8 Å². The molecule has 1 saturated heterocycles. The molecule has 6 heteroatoms. The van der Waals surface area contributed by atoms with Crippen LogP contribution in [0.5, 0.6) is 5.75 Å². The Kier molecular flexibility index (Phi) is 5.70. The van der Waals surface area contributed by atoms with Crippen molar-refractivity contribution in [2.24, 2.45) is 0 Å². The number of benzene rings is 1. The lowest BCUT2D eigenvalue weighted by Gasteiger charge is -2.23. The van der Waals surface area contributed by atoms with Crippen molar-refractivity contribution in [1.82, 2.24) is 10.2 Å². The molecule has 0 saturated carbocycles. The van der Waals surface area contributed by atoms with Gasteiger partial charge in [-0.2, -0.15) is 0 Å². The molecule has 1 atom stereocenters. The number of hydrogen-bond donors (Lipinski definition) is 2. The Morgan fingerprint density at radius 2 is 2.38 bits per heavy atom. The molecular formula is C15H21ClN2O3. The van der Waals surface area contributed by atoms with Crippen LogP contribution in [0.2, 0.25) is 5.02 Å². The first-order chi connectivity index (χ1) is 10.2. The van der Waals surface area contributed by atoms with Crippen molar-refractivity contribution in [2.75, 3.05) is 26.8 Å². The maximum atomic E-state index is 12.0. The van der Waals surface area contributed by atoms with Crippen LogP contribution in [-0.4, -0.2) is 48.9 Å². The van der Waals surface area contributed by atoms with Crippen LogP contribution in [0.1, 0.15) is 18.4 Å². The number of aliphatic hydroxyl groups excluding tert-OH is 1. The number of carbonyl (C=O) groups excluding carboxylic acids is 1. The van der Waals surface area contributed by atoms with Crippen molar-refractivity contribution in [3.63, 3.8) is 0 Å². The van der Waals surface area contributed by atoms with Crippen LogP contribution in [0.15, 0.2) is 18.2 Å². The maximum Gasteiger partial charge on any atom is 0.317 e. The first kappa shape index (κ1) is 15.9. The van der Waals surface area contributed by atoms with E-state index in [-0.39, 0.29) is 18.7 Å². The molecule has 21 heavy (non-hydrogen) atoms. The Labute approximate surface area is 129 Å². The van der Waals surface area contributed by atoms with Crippen molar-refractivity contribution in [3.05, 3.63) is 28.8 Å². The standard InChI is InChI=1S/C15H21ClN2O3/c1-21-13-5-4-11(14(16)9-13)6-7-17-15(20)18-8-2-3-12(18)10-19/h4-5,9,12,19H,2-3,6-8,10H2,1H3,(H,17,20)/t12-/m0/s1. The third-order valence-electron chi connectivity index (χ3n) is 3.78. The van der Waals surface area contributed by atoms with Crippen LogP contribution >= 0.6 is 11.6 Å². The molecule has 1 aliphatic rings. The summed E-state index contributed by atoms with van der Waals surface area (Å²) in [6.45, 7) is 1.25. The highest BCUT2D eigenvalue weighted by atomic mass is 35.5. The largest absolute Gasteiger partial charge is 0.497 e. The fourth-order valence-electron chi connectivity index (χ4n) is 2.56. The molecule has 0 aromatic heterocycles. The van der Waals surface area contributed by atoms with Gasteiger partial charge in [0.25, 0.3) is 0 Å². The van der Waals surface area contributed by atoms with Gasteiger partial charge in [-0.05, 0) is 37.0 Å². The SMILES string of the molecule is COc1ccc(CCNC(=O)N2CCC[C@H]2CO)c(Cl)c1. The Balaban J connectivity index is 1.82. The lowest BCUT2D eigenvalue weighted by Crippen LogP contribution is -2.44. The molecule has 2 amide bonds. The predicted octanol–water partition coefficient (Wildman–Crippen LogP) is 2.06. The Morgan fingerprint density at radius 3 is 3.05 bits per heavy atom. The lowest BCUT2D eigenvalue weighted by molar-refractivity contribution is 0.157. The van der Waals surface area contributed by atoms with E-state index in [2.05, 4.69) is 5.32 Å². The van der Waals surface area contributed by atoms with E-state index in [1.807, 2.05) is 12.1 Å². The molecule has 116 valence electrons. The third kappa shape index (κ3) is 4.02. The lowest BCUT2D eigenvalue weighted by atomic mass is 10.1. The van der Waals surface area contributed by atoms with E-state index in [9.17, 15) is 9.90 Å². The Bertz CT molecular complexity index is 496. The minimum atomic E-state index is -0.115. The summed E-state index contributed by atoms with van der Waals surface area (Å²) < 4.78 is 5.10. The molecule has 1 aromatic carbocycles. The fourth-order valence-corrected chi connectivity index (χ4v) is 2.82. The summed E-state index contributed by atoms with van der Waals surface area (Å²) in [5.74, 6) is 0.718. The molecular weight excluding hydrogens is 292 g/mol. The molecule has 1 aliphatic heterocycles. The van der Waals surface area contributed by atoms with Gasteiger partial charge >= 0.3 is 6.03 Å². The molecule has 1 fully saturated rings. The second kappa shape index (κ2) is 7.52. The summed E-state index contributed by atoms with van der Waals surface area (Å²) in [5.41, 5.74) is 0.970. The first-order valence-electron chi connectivity index (χ1n) is 7.13. The number of ether oxygens (including phenoxy) is 1. The van der Waals surface area contributed by atoms with E-state index in [0.29, 0.717) is 24.5 Å². The van der Waals surface area contributed by atoms with Crippen LogP contribution < -0.4 is 10.1 Å². The third-order valence-corrected chi connectivity index (χ3v) is 4.13. The fraction of sp³-hybridized carbons (Fsp3) is 0.533. The zero-order chi connectivity index (χ0) is 15.2. The molecule has 0 bridgehead atoms. The van der Waals surface area contributed by atoms with Crippen LogP contribution in [0.25, 0.3) is 0 Å². The Morgan fingerprint density at radius 1 is 1.57 bits per heavy atom. The van der Waals surface area contributed by atoms with Gasteiger partial charge in [-0.15, -0.1) is 0 Å². The number of aliphatic hydroxyl groups is 1. The molecule has 0 unspecified atom stereocenters. The molecule has 1 aromatic rings. The highest BCUT2D eigenvalue weighted by Crippen LogP contribution is 2.22. The van der Waals surface area contributed by atoms with E-state index in [4.69, 9.17) is 16.3 Å². The summed E-state index contributed by atoms with van der Waals surface area (Å²) in [6.07, 6.45) is 2.48. The average Bonchev–Trinajstić information content (AvgIpc) is 2.97. The summed E-state index contributed by atoms with van der Waals surface area (Å²) in [4.78, 5) is 13.7. The van der Waals surface area contributed by atoms with E-state index < -0.39 is 0 Å². The molecule has 2 N–H and O–H groups in total. The second-order valence-electron chi connectivity index (χ2n) is 5.11. The van der Waals surface area contributed by atoms with Gasteiger partial charge in [0.1, 0.15) is 5.75 Å². The minimum absolute atomic E-state index is 0.0255. The van der Waals surface area contributed by atoms with E-state index in [0.717, 1.165) is 24.2 Å². The molecule has 0 radical (unpaired) electrons. The van der Waals surface area contributed by atoms with Gasteiger partial charge in [0, 0.05) is 18.1 Å². The normalized spacial score (nSPS) is 17.9. The number of halogens is 1. The molecule has 5 nitrogen and oxygen atoms in total. The number of methoxy groups -OCH3 is 1. The monoisotopic (exact) mass is 312 g/mol. The summed E-state index contributed by atoms with van der Waals surface area (Å²) in [5, 5.41) is 12.7. The van der Waals surface area contributed by atoms with Crippen LogP contribution in [-0.2, 0) is 6.42 Å². The second-order valence-corrected chi connectivity index (χ2v) is 5.52. The molecule has 0 aliphatic carbocycles. The minimum Gasteiger partial charge on any atom is -0.497 e. The van der Waals surface area contributed by atoms with Crippen LogP contribution in [0.4, 0.5) is 4.79 Å². The Hall–Kier alpha value is -1.46. The van der Waals surface area contributed by atoms with Gasteiger partial charge in [-0.3, -0.25) is 0 Å². The number of likely N-dealkylation sites (tertiary alicyclic amines) is 1. The van der Waals surface area contributed by atoms with Gasteiger partial charge in [0.05, 0.1) is 19.8 Å². The predicted molar refractivity (Wildman–Crippen MR) is 81.9 cm³/mol. The van der Waals surface area contributed by atoms with Gasteiger partial charge in [0.2, 0.25) is 0 Å². The highest BCUT2D eigenvalue weighted by Gasteiger charge is 2.27. The first-order valence-corrected chi connectivity index (χ1v) is 7.51. The number of urea groups is 1. The molecule has 0 spiro atoms. The van der Waals surface area contributed by atoms with Crippen LogP contribution in [0, 0.1) is 0 Å². The van der Waals surface area contributed by atoms with Crippen molar-refractivity contribution in [1.29, 1.82) is 0 Å². The quantitative estimate of drug-likeness (QED) is 0.875. The summed E-state index contributed by atoms with van der Waals surface area (Å²) >= 11 is 6.16. The number of carbonyl (C=O) groups is 1. The van der Waals surface area contributed by atoms with Gasteiger partial charge in [0.15, 0.2) is 0 Å².